The van der Waals surface area contributed by atoms with Crippen molar-refractivity contribution >= 4 is 0 Å². The first kappa shape index (κ1) is 18.2. The van der Waals surface area contributed by atoms with Crippen molar-refractivity contribution in [3.63, 3.8) is 0 Å². The van der Waals surface area contributed by atoms with E-state index in [-0.39, 0.29) is 6.61 Å². The minimum atomic E-state index is -4.26. The topological polar surface area (TPSA) is 35.9 Å². The smallest absolute Gasteiger partial charge is 0.387 e. The van der Waals surface area contributed by atoms with Crippen LogP contribution in [0.5, 0.6) is 0 Å². The van der Waals surface area contributed by atoms with Gasteiger partial charge in [-0.2, -0.15) is 13.2 Å². The molecular weight excluding hydrogens is 309 g/mol. The van der Waals surface area contributed by atoms with Gasteiger partial charge in [0.05, 0.1) is 12.7 Å². The lowest BCUT2D eigenvalue weighted by Crippen LogP contribution is -2.48. The van der Waals surface area contributed by atoms with Crippen LogP contribution in [0.15, 0.2) is 30.3 Å². The van der Waals surface area contributed by atoms with Gasteiger partial charge in [0, 0.05) is 39.3 Å². The zero-order chi connectivity index (χ0) is 16.7. The minimum Gasteiger partial charge on any atom is -0.387 e. The highest BCUT2D eigenvalue weighted by Crippen LogP contribution is 2.16. The van der Waals surface area contributed by atoms with E-state index >= 15 is 0 Å². The van der Waals surface area contributed by atoms with Gasteiger partial charge in [-0.3, -0.25) is 9.80 Å². The number of alkyl halides is 3. The van der Waals surface area contributed by atoms with E-state index in [0.717, 1.165) is 31.7 Å². The van der Waals surface area contributed by atoms with Crippen molar-refractivity contribution < 1.29 is 23.0 Å². The van der Waals surface area contributed by atoms with Crippen LogP contribution in [0.4, 0.5) is 13.2 Å². The van der Waals surface area contributed by atoms with Gasteiger partial charge in [0.1, 0.15) is 6.61 Å². The number of halogens is 3. The maximum absolute atomic E-state index is 12.0. The van der Waals surface area contributed by atoms with Crippen LogP contribution in [0.1, 0.15) is 11.7 Å². The number of rotatable bonds is 7. The number of β-amino-alcohol motifs (C(OH)–C–C–N with tert-alkyl or cyclic N) is 1. The highest BCUT2D eigenvalue weighted by Gasteiger charge is 2.27. The fourth-order valence-electron chi connectivity index (χ4n) is 2.60. The van der Waals surface area contributed by atoms with Crippen molar-refractivity contribution in [2.24, 2.45) is 0 Å². The molecule has 2 rings (SSSR count). The fraction of sp³-hybridized carbons (Fsp3) is 0.625. The molecule has 1 N–H and O–H groups in total. The molecule has 0 aromatic heterocycles. The number of hydrogen-bond donors (Lipinski definition) is 1. The summed E-state index contributed by atoms with van der Waals surface area (Å²) < 4.78 is 40.5. The van der Waals surface area contributed by atoms with Gasteiger partial charge in [-0.25, -0.2) is 0 Å². The fourth-order valence-corrected chi connectivity index (χ4v) is 2.60. The van der Waals surface area contributed by atoms with Gasteiger partial charge >= 0.3 is 6.18 Å². The summed E-state index contributed by atoms with van der Waals surface area (Å²) in [6, 6.07) is 9.52. The Kier molecular flexibility index (Phi) is 6.83. The number of aliphatic hydroxyl groups excluding tert-OH is 1. The van der Waals surface area contributed by atoms with Crippen molar-refractivity contribution in [1.29, 1.82) is 0 Å². The lowest BCUT2D eigenvalue weighted by Gasteiger charge is -2.35. The van der Waals surface area contributed by atoms with Crippen LogP contribution in [0.2, 0.25) is 0 Å². The van der Waals surface area contributed by atoms with Gasteiger partial charge in [-0.1, -0.05) is 30.3 Å². The SMILES string of the molecule is O[C@@H](CN1CCN(CCOCC(F)(F)F)CC1)c1ccccc1. The van der Waals surface area contributed by atoms with Crippen molar-refractivity contribution in [2.75, 3.05) is 52.5 Å². The molecule has 0 radical (unpaired) electrons. The molecule has 1 aliphatic heterocycles. The van der Waals surface area contributed by atoms with Crippen LogP contribution in [0.3, 0.4) is 0 Å². The molecule has 1 heterocycles. The number of piperazine rings is 1. The summed E-state index contributed by atoms with van der Waals surface area (Å²) in [6.07, 6.45) is -4.77. The summed E-state index contributed by atoms with van der Waals surface area (Å²) in [5.74, 6) is 0. The first-order chi connectivity index (χ1) is 10.9. The molecule has 0 unspecified atom stereocenters. The quantitative estimate of drug-likeness (QED) is 0.774. The number of nitrogens with zero attached hydrogens (tertiary/aromatic N) is 2. The summed E-state index contributed by atoms with van der Waals surface area (Å²) >= 11 is 0. The van der Waals surface area contributed by atoms with Crippen LogP contribution in [-0.4, -0.2) is 73.6 Å². The summed E-state index contributed by atoms with van der Waals surface area (Å²) in [5.41, 5.74) is 0.899. The van der Waals surface area contributed by atoms with E-state index < -0.39 is 18.9 Å². The first-order valence-corrected chi connectivity index (χ1v) is 7.76. The Labute approximate surface area is 134 Å². The van der Waals surface area contributed by atoms with E-state index in [2.05, 4.69) is 14.5 Å². The van der Waals surface area contributed by atoms with E-state index in [9.17, 15) is 18.3 Å². The summed E-state index contributed by atoms with van der Waals surface area (Å²) in [7, 11) is 0. The number of ether oxygens (including phenoxy) is 1. The van der Waals surface area contributed by atoms with Gasteiger partial charge in [0.2, 0.25) is 0 Å². The van der Waals surface area contributed by atoms with Crippen molar-refractivity contribution in [2.45, 2.75) is 12.3 Å². The first-order valence-electron chi connectivity index (χ1n) is 7.76. The molecule has 1 atom stereocenters. The average molecular weight is 332 g/mol. The van der Waals surface area contributed by atoms with Crippen LogP contribution in [0, 0.1) is 0 Å². The third kappa shape index (κ3) is 6.87. The zero-order valence-electron chi connectivity index (χ0n) is 13.0. The van der Waals surface area contributed by atoms with E-state index in [4.69, 9.17) is 0 Å². The van der Waals surface area contributed by atoms with Crippen molar-refractivity contribution in [3.05, 3.63) is 35.9 Å². The third-order valence-corrected chi connectivity index (χ3v) is 3.90. The van der Waals surface area contributed by atoms with Gasteiger partial charge in [0.25, 0.3) is 0 Å². The van der Waals surface area contributed by atoms with Crippen LogP contribution < -0.4 is 0 Å². The second-order valence-electron chi connectivity index (χ2n) is 5.74. The highest BCUT2D eigenvalue weighted by atomic mass is 19.4. The highest BCUT2D eigenvalue weighted by molar-refractivity contribution is 5.17. The predicted molar refractivity (Wildman–Crippen MR) is 81.2 cm³/mol. The monoisotopic (exact) mass is 332 g/mol. The van der Waals surface area contributed by atoms with E-state index in [1.165, 1.54) is 0 Å². The van der Waals surface area contributed by atoms with Crippen molar-refractivity contribution in [1.82, 2.24) is 9.80 Å². The molecule has 0 aliphatic carbocycles. The summed E-state index contributed by atoms with van der Waals surface area (Å²) in [4.78, 5) is 4.26. The summed E-state index contributed by atoms with van der Waals surface area (Å²) in [6.45, 7) is 3.12. The molecular formula is C16H23F3N2O2. The zero-order valence-corrected chi connectivity index (χ0v) is 13.0. The molecule has 1 aromatic carbocycles. The molecule has 4 nitrogen and oxygen atoms in total. The van der Waals surface area contributed by atoms with Crippen LogP contribution >= 0.6 is 0 Å². The molecule has 1 saturated heterocycles. The average Bonchev–Trinajstić information content (AvgIpc) is 2.53. The van der Waals surface area contributed by atoms with E-state index in [0.29, 0.717) is 13.1 Å². The second-order valence-corrected chi connectivity index (χ2v) is 5.74. The molecule has 1 aliphatic rings. The third-order valence-electron chi connectivity index (χ3n) is 3.90. The van der Waals surface area contributed by atoms with E-state index in [1.54, 1.807) is 0 Å². The molecule has 0 bridgehead atoms. The Balaban J connectivity index is 1.62. The summed E-state index contributed by atoms with van der Waals surface area (Å²) in [5, 5.41) is 10.2. The number of hydrogen-bond acceptors (Lipinski definition) is 4. The Hall–Kier alpha value is -1.15. The van der Waals surface area contributed by atoms with Gasteiger partial charge in [0.15, 0.2) is 0 Å². The molecule has 0 amide bonds. The molecule has 1 aromatic rings. The van der Waals surface area contributed by atoms with Crippen molar-refractivity contribution in [3.8, 4) is 0 Å². The molecule has 7 heteroatoms. The Bertz CT molecular complexity index is 448. The Morgan fingerprint density at radius 2 is 1.65 bits per heavy atom. The normalized spacial score (nSPS) is 19.0. The molecule has 1 fully saturated rings. The maximum Gasteiger partial charge on any atom is 0.411 e. The standard InChI is InChI=1S/C16H23F3N2O2/c17-16(18,19)13-23-11-10-20-6-8-21(9-7-20)12-15(22)14-4-2-1-3-5-14/h1-5,15,22H,6-13H2/t15-/m0/s1. The number of benzene rings is 1. The molecule has 0 spiro atoms. The molecule has 23 heavy (non-hydrogen) atoms. The van der Waals surface area contributed by atoms with Crippen LogP contribution in [-0.2, 0) is 4.74 Å². The lowest BCUT2D eigenvalue weighted by atomic mass is 10.1. The van der Waals surface area contributed by atoms with Gasteiger partial charge in [-0.15, -0.1) is 0 Å². The van der Waals surface area contributed by atoms with Gasteiger partial charge in [-0.05, 0) is 5.56 Å². The Morgan fingerprint density at radius 3 is 2.26 bits per heavy atom. The largest absolute Gasteiger partial charge is 0.411 e. The van der Waals surface area contributed by atoms with Crippen LogP contribution in [0.25, 0.3) is 0 Å². The molecule has 0 saturated carbocycles. The second kappa shape index (κ2) is 8.63. The van der Waals surface area contributed by atoms with E-state index in [1.807, 2.05) is 30.3 Å². The number of aliphatic hydroxyl groups is 1. The van der Waals surface area contributed by atoms with Gasteiger partial charge < -0.3 is 9.84 Å². The maximum atomic E-state index is 12.0. The molecule has 130 valence electrons. The minimum absolute atomic E-state index is 0.0894. The Morgan fingerprint density at radius 1 is 1.04 bits per heavy atom. The predicted octanol–water partition coefficient (Wildman–Crippen LogP) is 1.92. The lowest BCUT2D eigenvalue weighted by molar-refractivity contribution is -0.174.